The molecule has 0 unspecified atom stereocenters. The summed E-state index contributed by atoms with van der Waals surface area (Å²) in [5, 5.41) is 0. The SMILES string of the molecule is CC(C)(C)C=CN=C[CH]=[W]. The van der Waals surface area contributed by atoms with E-state index in [1.165, 1.54) is 19.4 Å². The maximum atomic E-state index is 4.03. The van der Waals surface area contributed by atoms with E-state index in [2.05, 4.69) is 31.8 Å². The van der Waals surface area contributed by atoms with Gasteiger partial charge in [-0.2, -0.15) is 0 Å². The van der Waals surface area contributed by atoms with Crippen LogP contribution in [0.2, 0.25) is 0 Å². The number of hydrogen-bond donors (Lipinski definition) is 0. The van der Waals surface area contributed by atoms with Crippen molar-refractivity contribution in [3.05, 3.63) is 12.3 Å². The van der Waals surface area contributed by atoms with E-state index in [-0.39, 0.29) is 5.41 Å². The zero-order valence-electron chi connectivity index (χ0n) is 6.66. The Morgan fingerprint density at radius 3 is 2.30 bits per heavy atom. The topological polar surface area (TPSA) is 12.4 Å². The normalized spacial score (nSPS) is 13.1. The van der Waals surface area contributed by atoms with Gasteiger partial charge in [-0.15, -0.1) is 0 Å². The van der Waals surface area contributed by atoms with Gasteiger partial charge in [-0.1, -0.05) is 0 Å². The van der Waals surface area contributed by atoms with E-state index in [0.717, 1.165) is 0 Å². The molecule has 0 aromatic carbocycles. The monoisotopic (exact) mass is 307 g/mol. The van der Waals surface area contributed by atoms with Gasteiger partial charge in [0.15, 0.2) is 0 Å². The van der Waals surface area contributed by atoms with Crippen LogP contribution in [-0.4, -0.2) is 10.6 Å². The fourth-order valence-corrected chi connectivity index (χ4v) is 0.604. The molecule has 0 atom stereocenters. The van der Waals surface area contributed by atoms with Crippen LogP contribution in [0.1, 0.15) is 20.8 Å². The van der Waals surface area contributed by atoms with Gasteiger partial charge in [-0.3, -0.25) is 0 Å². The first-order valence-corrected chi connectivity index (χ1v) is 4.90. The molecule has 1 nitrogen and oxygen atoms in total. The molecule has 0 heterocycles. The fourth-order valence-electron chi connectivity index (χ4n) is 0.351. The summed E-state index contributed by atoms with van der Waals surface area (Å²) in [5.74, 6) is 0. The van der Waals surface area contributed by atoms with Crippen LogP contribution < -0.4 is 0 Å². The Bertz CT molecular complexity index is 151. The summed E-state index contributed by atoms with van der Waals surface area (Å²) >= 11 is 1.43. The van der Waals surface area contributed by atoms with Gasteiger partial charge in [-0.05, 0) is 0 Å². The molecule has 2 heteroatoms. The van der Waals surface area contributed by atoms with Crippen molar-refractivity contribution in [3.63, 3.8) is 0 Å². The molecular formula is C8H13NW. The summed E-state index contributed by atoms with van der Waals surface area (Å²) in [5.41, 5.74) is 0.248. The third-order valence-electron chi connectivity index (χ3n) is 0.808. The minimum absolute atomic E-state index is 0.248. The van der Waals surface area contributed by atoms with Crippen LogP contribution in [0.4, 0.5) is 0 Å². The Balaban J connectivity index is 3.77. The van der Waals surface area contributed by atoms with E-state index in [4.69, 9.17) is 0 Å². The number of aliphatic imine (C=N–C) groups is 1. The summed E-state index contributed by atoms with van der Waals surface area (Å²) in [6, 6.07) is 0. The van der Waals surface area contributed by atoms with Crippen LogP contribution in [0, 0.1) is 5.41 Å². The van der Waals surface area contributed by atoms with Gasteiger partial charge in [0.05, 0.1) is 0 Å². The van der Waals surface area contributed by atoms with Gasteiger partial charge in [0.1, 0.15) is 0 Å². The average Bonchev–Trinajstić information content (AvgIpc) is 1.78. The molecule has 0 rings (SSSR count). The van der Waals surface area contributed by atoms with Gasteiger partial charge in [0.25, 0.3) is 0 Å². The number of allylic oxidation sites excluding steroid dienone is 1. The summed E-state index contributed by atoms with van der Waals surface area (Å²) < 4.78 is 1.99. The molecule has 0 fully saturated rings. The second-order valence-electron chi connectivity index (χ2n) is 3.12. The summed E-state index contributed by atoms with van der Waals surface area (Å²) in [6.07, 6.45) is 5.75. The molecule has 0 saturated heterocycles. The first-order valence-electron chi connectivity index (χ1n) is 3.21. The van der Waals surface area contributed by atoms with Crippen LogP contribution in [0.15, 0.2) is 17.3 Å². The molecular weight excluding hydrogens is 294 g/mol. The minimum atomic E-state index is 0.248. The van der Waals surface area contributed by atoms with Crippen LogP contribution in [0.25, 0.3) is 0 Å². The van der Waals surface area contributed by atoms with Gasteiger partial charge in [0.2, 0.25) is 0 Å². The van der Waals surface area contributed by atoms with E-state index in [1.807, 2.05) is 16.8 Å². The Labute approximate surface area is 73.7 Å². The van der Waals surface area contributed by atoms with E-state index >= 15 is 0 Å². The van der Waals surface area contributed by atoms with Crippen molar-refractivity contribution in [1.29, 1.82) is 0 Å². The third-order valence-corrected chi connectivity index (χ3v) is 1.24. The van der Waals surface area contributed by atoms with E-state index in [1.54, 1.807) is 0 Å². The van der Waals surface area contributed by atoms with Crippen LogP contribution in [0.5, 0.6) is 0 Å². The molecule has 0 aliphatic carbocycles. The maximum absolute atomic E-state index is 4.03. The molecule has 0 radical (unpaired) electrons. The molecule has 56 valence electrons. The van der Waals surface area contributed by atoms with Crippen LogP contribution in [0.3, 0.4) is 0 Å². The van der Waals surface area contributed by atoms with E-state index < -0.39 is 0 Å². The Kier molecular flexibility index (Phi) is 4.72. The second-order valence-corrected chi connectivity index (χ2v) is 4.09. The number of rotatable bonds is 2. The Hall–Kier alpha value is -0.0317. The Morgan fingerprint density at radius 1 is 1.30 bits per heavy atom. The standard InChI is InChI=1S/C8H13N.W/c1-5-9-7-6-8(2,3)4;/h1,5-7H,2-4H3;. The quantitative estimate of drug-likeness (QED) is 0.692. The van der Waals surface area contributed by atoms with Crippen molar-refractivity contribution in [2.45, 2.75) is 20.8 Å². The zero-order chi connectivity index (χ0) is 8.04. The molecule has 0 saturated carbocycles. The van der Waals surface area contributed by atoms with Gasteiger partial charge in [0, 0.05) is 0 Å². The van der Waals surface area contributed by atoms with Crippen molar-refractivity contribution >= 4 is 10.6 Å². The molecule has 0 aromatic rings. The van der Waals surface area contributed by atoms with Crippen molar-refractivity contribution in [1.82, 2.24) is 0 Å². The molecule has 0 aliphatic heterocycles. The van der Waals surface area contributed by atoms with Gasteiger partial charge < -0.3 is 0 Å². The van der Waals surface area contributed by atoms with Crippen LogP contribution >= 0.6 is 0 Å². The molecule has 0 aliphatic rings. The van der Waals surface area contributed by atoms with Gasteiger partial charge in [-0.25, -0.2) is 0 Å². The Morgan fingerprint density at radius 2 is 1.90 bits per heavy atom. The molecule has 0 bridgehead atoms. The summed E-state index contributed by atoms with van der Waals surface area (Å²) in [4.78, 5) is 4.03. The van der Waals surface area contributed by atoms with Crippen molar-refractivity contribution in [3.8, 4) is 0 Å². The first kappa shape index (κ1) is 9.97. The molecule has 10 heavy (non-hydrogen) atoms. The summed E-state index contributed by atoms with van der Waals surface area (Å²) in [6.45, 7) is 6.46. The second kappa shape index (κ2) is 4.73. The van der Waals surface area contributed by atoms with Crippen LogP contribution in [-0.2, 0) is 19.4 Å². The zero-order valence-corrected chi connectivity index (χ0v) is 9.60. The molecule has 0 spiro atoms. The van der Waals surface area contributed by atoms with Crippen molar-refractivity contribution < 1.29 is 19.4 Å². The predicted molar refractivity (Wildman–Crippen MR) is 43.2 cm³/mol. The third kappa shape index (κ3) is 7.97. The van der Waals surface area contributed by atoms with E-state index in [9.17, 15) is 0 Å². The fraction of sp³-hybridized carbons (Fsp3) is 0.500. The predicted octanol–water partition coefficient (Wildman–Crippen LogP) is 1.97. The number of nitrogens with zero attached hydrogens (tertiary/aromatic N) is 1. The molecule has 0 N–H and O–H groups in total. The average molecular weight is 307 g/mol. The first-order chi connectivity index (χ1) is 4.56. The number of hydrogen-bond acceptors (Lipinski definition) is 1. The summed E-state index contributed by atoms with van der Waals surface area (Å²) in [7, 11) is 0. The van der Waals surface area contributed by atoms with Crippen molar-refractivity contribution in [2.24, 2.45) is 10.4 Å². The van der Waals surface area contributed by atoms with E-state index in [0.29, 0.717) is 0 Å². The van der Waals surface area contributed by atoms with Crippen molar-refractivity contribution in [2.75, 3.05) is 0 Å². The van der Waals surface area contributed by atoms with Gasteiger partial charge >= 0.3 is 73.4 Å². The molecule has 0 amide bonds. The molecule has 0 aromatic heterocycles.